The summed E-state index contributed by atoms with van der Waals surface area (Å²) in [5, 5.41) is 6.03. The third-order valence-electron chi connectivity index (χ3n) is 7.16. The Hall–Kier alpha value is -3.87. The Bertz CT molecular complexity index is 1530. The number of nitrogens with zero attached hydrogens (tertiary/aromatic N) is 3. The summed E-state index contributed by atoms with van der Waals surface area (Å²) in [5.41, 5.74) is 1.89. The van der Waals surface area contributed by atoms with Gasteiger partial charge in [-0.05, 0) is 66.6 Å². The molecule has 5 rings (SSSR count). The zero-order chi connectivity index (χ0) is 26.1. The summed E-state index contributed by atoms with van der Waals surface area (Å²) < 4.78 is 32.1. The van der Waals surface area contributed by atoms with Crippen molar-refractivity contribution in [2.75, 3.05) is 4.90 Å². The first-order valence-corrected chi connectivity index (χ1v) is 12.6. The summed E-state index contributed by atoms with van der Waals surface area (Å²) in [6.07, 6.45) is 9.14. The fraction of sp³-hybridized carbons (Fsp3) is 0.300. The van der Waals surface area contributed by atoms with Gasteiger partial charge in [0.15, 0.2) is 11.6 Å². The number of anilines is 1. The van der Waals surface area contributed by atoms with Crippen LogP contribution in [-0.2, 0) is 23.2 Å². The number of halogens is 2. The van der Waals surface area contributed by atoms with Crippen LogP contribution in [-0.4, -0.2) is 21.5 Å². The maximum absolute atomic E-state index is 15.9. The van der Waals surface area contributed by atoms with Crippen LogP contribution in [0.25, 0.3) is 27.8 Å². The van der Waals surface area contributed by atoms with Gasteiger partial charge in [-0.25, -0.2) is 8.78 Å². The van der Waals surface area contributed by atoms with E-state index in [0.29, 0.717) is 38.5 Å². The molecule has 1 saturated carbocycles. The lowest BCUT2D eigenvalue weighted by molar-refractivity contribution is -0.123. The van der Waals surface area contributed by atoms with E-state index in [-0.39, 0.29) is 24.2 Å². The van der Waals surface area contributed by atoms with Crippen molar-refractivity contribution in [3.63, 3.8) is 0 Å². The number of aromatic nitrogens is 2. The smallest absolute Gasteiger partial charge is 0.230 e. The SMILES string of the molecule is CC(=O)/C=C/c1cc(F)cc(N(Cc2cccc3cc4cnn(C)c4c(F)c23)C(=O)C2CCCCC2)c1. The zero-order valence-corrected chi connectivity index (χ0v) is 21.0. The van der Waals surface area contributed by atoms with Gasteiger partial charge in [-0.15, -0.1) is 0 Å². The van der Waals surface area contributed by atoms with Gasteiger partial charge >= 0.3 is 0 Å². The van der Waals surface area contributed by atoms with Gasteiger partial charge in [0.1, 0.15) is 11.3 Å². The summed E-state index contributed by atoms with van der Waals surface area (Å²) in [5.74, 6) is -1.32. The van der Waals surface area contributed by atoms with E-state index in [2.05, 4.69) is 5.10 Å². The molecule has 0 aliphatic heterocycles. The summed E-state index contributed by atoms with van der Waals surface area (Å²) in [6, 6.07) is 11.7. The lowest BCUT2D eigenvalue weighted by Gasteiger charge is -2.30. The van der Waals surface area contributed by atoms with Crippen molar-refractivity contribution in [2.45, 2.75) is 45.6 Å². The molecule has 7 heteroatoms. The molecule has 0 saturated heterocycles. The molecule has 0 atom stereocenters. The standard InChI is InChI=1S/C30H29F2N3O2/c1-19(36)11-12-20-13-25(31)16-26(14-20)35(30(37)21-7-4-3-5-8-21)18-23-10-6-9-22-15-24-17-33-34(2)29(24)28(32)27(22)23/h6,9-17,21H,3-5,7-8,18H2,1-2H3/b12-11+. The number of carbonyl (C=O) groups excluding carboxylic acids is 2. The maximum atomic E-state index is 15.9. The molecule has 0 N–H and O–H groups in total. The quantitative estimate of drug-likeness (QED) is 0.276. The van der Waals surface area contributed by atoms with Gasteiger partial charge in [0, 0.05) is 29.4 Å². The minimum absolute atomic E-state index is 0.0896. The summed E-state index contributed by atoms with van der Waals surface area (Å²) in [4.78, 5) is 26.9. The highest BCUT2D eigenvalue weighted by Gasteiger charge is 2.28. The maximum Gasteiger partial charge on any atom is 0.230 e. The molecule has 0 spiro atoms. The number of ketones is 1. The molecule has 37 heavy (non-hydrogen) atoms. The van der Waals surface area contributed by atoms with E-state index in [0.717, 1.165) is 32.1 Å². The number of amides is 1. The first-order valence-electron chi connectivity index (χ1n) is 12.6. The van der Waals surface area contributed by atoms with Gasteiger partial charge in [0.05, 0.1) is 12.7 Å². The molecule has 1 aliphatic carbocycles. The summed E-state index contributed by atoms with van der Waals surface area (Å²) in [7, 11) is 1.70. The van der Waals surface area contributed by atoms with E-state index in [1.165, 1.54) is 35.9 Å². The molecule has 1 amide bonds. The van der Waals surface area contributed by atoms with Crippen molar-refractivity contribution < 1.29 is 18.4 Å². The van der Waals surface area contributed by atoms with Crippen LogP contribution in [0.15, 0.2) is 54.7 Å². The Balaban J connectivity index is 1.63. The second kappa shape index (κ2) is 10.2. The molecule has 1 aromatic heterocycles. The van der Waals surface area contributed by atoms with Crippen molar-refractivity contribution >= 4 is 45.1 Å². The third kappa shape index (κ3) is 5.03. The fourth-order valence-electron chi connectivity index (χ4n) is 5.35. The van der Waals surface area contributed by atoms with E-state index in [1.807, 2.05) is 24.3 Å². The van der Waals surface area contributed by atoms with Crippen LogP contribution in [0.3, 0.4) is 0 Å². The number of benzene rings is 3. The largest absolute Gasteiger partial charge is 0.308 e. The third-order valence-corrected chi connectivity index (χ3v) is 7.16. The van der Waals surface area contributed by atoms with Gasteiger partial charge in [0.2, 0.25) is 5.91 Å². The molecule has 3 aromatic carbocycles. The molecule has 1 heterocycles. The monoisotopic (exact) mass is 501 g/mol. The number of rotatable bonds is 6. The van der Waals surface area contributed by atoms with E-state index in [9.17, 15) is 14.0 Å². The van der Waals surface area contributed by atoms with E-state index >= 15 is 4.39 Å². The molecule has 4 aromatic rings. The van der Waals surface area contributed by atoms with Crippen LogP contribution in [0.2, 0.25) is 0 Å². The van der Waals surface area contributed by atoms with Crippen molar-refractivity contribution in [3.05, 3.63) is 77.5 Å². The van der Waals surface area contributed by atoms with E-state index < -0.39 is 11.6 Å². The second-order valence-corrected chi connectivity index (χ2v) is 9.86. The Kier molecular flexibility index (Phi) is 6.87. The average Bonchev–Trinajstić information content (AvgIpc) is 3.26. The van der Waals surface area contributed by atoms with Gasteiger partial charge < -0.3 is 4.90 Å². The number of aryl methyl sites for hydroxylation is 1. The highest BCUT2D eigenvalue weighted by atomic mass is 19.1. The predicted molar refractivity (Wildman–Crippen MR) is 142 cm³/mol. The molecule has 1 aliphatic rings. The highest BCUT2D eigenvalue weighted by molar-refractivity contribution is 6.01. The van der Waals surface area contributed by atoms with Crippen LogP contribution in [0, 0.1) is 17.6 Å². The number of hydrogen-bond acceptors (Lipinski definition) is 3. The van der Waals surface area contributed by atoms with Crippen LogP contribution < -0.4 is 4.90 Å². The summed E-state index contributed by atoms with van der Waals surface area (Å²) >= 11 is 0. The molecular weight excluding hydrogens is 472 g/mol. The fourth-order valence-corrected chi connectivity index (χ4v) is 5.35. The molecule has 0 bridgehead atoms. The topological polar surface area (TPSA) is 55.2 Å². The predicted octanol–water partition coefficient (Wildman–Crippen LogP) is 6.72. The number of carbonyl (C=O) groups is 2. The highest BCUT2D eigenvalue weighted by Crippen LogP contribution is 2.33. The number of fused-ring (bicyclic) bond motifs is 2. The van der Waals surface area contributed by atoms with Crippen molar-refractivity contribution in [3.8, 4) is 0 Å². The summed E-state index contributed by atoms with van der Waals surface area (Å²) in [6.45, 7) is 1.51. The van der Waals surface area contributed by atoms with Gasteiger partial charge in [-0.3, -0.25) is 14.3 Å². The molecule has 190 valence electrons. The Morgan fingerprint density at radius 1 is 1.08 bits per heavy atom. The minimum atomic E-state index is -0.511. The Labute approximate surface area is 214 Å². The molecular formula is C30H29F2N3O2. The van der Waals surface area contributed by atoms with Gasteiger partial charge in [0.25, 0.3) is 0 Å². The van der Waals surface area contributed by atoms with Crippen molar-refractivity contribution in [1.82, 2.24) is 9.78 Å². The van der Waals surface area contributed by atoms with Crippen LogP contribution in [0.1, 0.15) is 50.2 Å². The van der Waals surface area contributed by atoms with Crippen molar-refractivity contribution in [1.29, 1.82) is 0 Å². The lowest BCUT2D eigenvalue weighted by Crippen LogP contribution is -2.37. The van der Waals surface area contributed by atoms with Gasteiger partial charge in [-0.2, -0.15) is 5.10 Å². The first-order chi connectivity index (χ1) is 17.8. The van der Waals surface area contributed by atoms with Crippen LogP contribution in [0.5, 0.6) is 0 Å². The second-order valence-electron chi connectivity index (χ2n) is 9.86. The number of allylic oxidation sites excluding steroid dienone is 1. The molecule has 5 nitrogen and oxygen atoms in total. The average molecular weight is 502 g/mol. The normalized spacial score (nSPS) is 14.6. The number of hydrogen-bond donors (Lipinski definition) is 0. The molecule has 0 unspecified atom stereocenters. The van der Waals surface area contributed by atoms with Gasteiger partial charge in [-0.1, -0.05) is 43.5 Å². The first kappa shape index (κ1) is 24.8. The van der Waals surface area contributed by atoms with Crippen LogP contribution in [0.4, 0.5) is 14.5 Å². The van der Waals surface area contributed by atoms with Crippen molar-refractivity contribution in [2.24, 2.45) is 13.0 Å². The minimum Gasteiger partial charge on any atom is -0.308 e. The Morgan fingerprint density at radius 2 is 1.86 bits per heavy atom. The molecule has 0 radical (unpaired) electrons. The molecule has 1 fully saturated rings. The van der Waals surface area contributed by atoms with Crippen LogP contribution >= 0.6 is 0 Å². The lowest BCUT2D eigenvalue weighted by atomic mass is 9.88. The Morgan fingerprint density at radius 3 is 2.62 bits per heavy atom. The van der Waals surface area contributed by atoms with E-state index in [1.54, 1.807) is 24.2 Å². The van der Waals surface area contributed by atoms with E-state index in [4.69, 9.17) is 0 Å². The zero-order valence-electron chi connectivity index (χ0n) is 21.0.